The summed E-state index contributed by atoms with van der Waals surface area (Å²) in [5, 5.41) is 0.956. The molecule has 4 fully saturated rings. The normalized spacial score (nSPS) is 44.5. The van der Waals surface area contributed by atoms with Gasteiger partial charge in [0.15, 0.2) is 16.4 Å². The molecule has 0 radical (unpaired) electrons. The van der Waals surface area contributed by atoms with Crippen LogP contribution in [0.3, 0.4) is 0 Å². The van der Waals surface area contributed by atoms with Gasteiger partial charge in [0.2, 0.25) is 12.1 Å². The molecule has 1 saturated carbocycles. The van der Waals surface area contributed by atoms with Crippen LogP contribution >= 0.6 is 11.3 Å². The number of aryl methyl sites for hydroxylation is 2. The Bertz CT molecular complexity index is 769. The van der Waals surface area contributed by atoms with E-state index in [1.807, 2.05) is 6.92 Å². The van der Waals surface area contributed by atoms with Gasteiger partial charge in [-0.2, -0.15) is 0 Å². The highest BCUT2D eigenvalue weighted by Crippen LogP contribution is 2.61. The van der Waals surface area contributed by atoms with Crippen LogP contribution in [0.15, 0.2) is 5.57 Å². The van der Waals surface area contributed by atoms with E-state index in [9.17, 15) is 0 Å². The van der Waals surface area contributed by atoms with Crippen molar-refractivity contribution in [2.75, 3.05) is 0 Å². The average Bonchev–Trinajstić information content (AvgIpc) is 2.77. The summed E-state index contributed by atoms with van der Waals surface area (Å²) < 4.78 is 12.9. The molecule has 1 spiro atoms. The molecular weight excluding hydrogens is 350 g/mol. The van der Waals surface area contributed by atoms with Gasteiger partial charge in [-0.05, 0) is 58.4 Å². The van der Waals surface area contributed by atoms with Crippen molar-refractivity contribution < 1.29 is 19.2 Å². The van der Waals surface area contributed by atoms with Crippen LogP contribution in [0.4, 0.5) is 0 Å². The van der Waals surface area contributed by atoms with Gasteiger partial charge in [0.25, 0.3) is 0 Å². The molecule has 2 bridgehead atoms. The fraction of sp³-hybridized carbons (Fsp3) is 0.750. The van der Waals surface area contributed by atoms with Crippen molar-refractivity contribution >= 4 is 17.1 Å². The fourth-order valence-electron chi connectivity index (χ4n) is 5.40. The first kappa shape index (κ1) is 17.2. The summed E-state index contributed by atoms with van der Waals surface area (Å²) in [4.78, 5) is 18.0. The van der Waals surface area contributed by atoms with E-state index in [0.29, 0.717) is 11.8 Å². The molecule has 6 rings (SSSR count). The lowest BCUT2D eigenvalue weighted by molar-refractivity contribution is -0.553. The van der Waals surface area contributed by atoms with Crippen LogP contribution in [-0.2, 0) is 19.2 Å². The van der Waals surface area contributed by atoms with E-state index in [-0.39, 0.29) is 5.92 Å². The first-order chi connectivity index (χ1) is 12.3. The Kier molecular flexibility index (Phi) is 3.65. The van der Waals surface area contributed by atoms with Crippen LogP contribution in [0.5, 0.6) is 0 Å². The number of ether oxygens (including phenoxy) is 2. The van der Waals surface area contributed by atoms with Gasteiger partial charge < -0.3 is 9.47 Å². The third-order valence-electron chi connectivity index (χ3n) is 7.05. The molecule has 3 saturated heterocycles. The van der Waals surface area contributed by atoms with Gasteiger partial charge in [0, 0.05) is 23.1 Å². The number of thiazole rings is 1. The molecule has 0 N–H and O–H groups in total. The smallest absolute Gasteiger partial charge is 0.236 e. The molecule has 1 aromatic heterocycles. The molecule has 5 nitrogen and oxygen atoms in total. The van der Waals surface area contributed by atoms with E-state index in [4.69, 9.17) is 24.2 Å². The molecule has 5 heterocycles. The molecule has 1 aliphatic carbocycles. The summed E-state index contributed by atoms with van der Waals surface area (Å²) >= 11 is 1.70. The van der Waals surface area contributed by atoms with Gasteiger partial charge in [-0.15, -0.1) is 11.3 Å². The largest absolute Gasteiger partial charge is 0.458 e. The van der Waals surface area contributed by atoms with Crippen molar-refractivity contribution in [1.29, 1.82) is 0 Å². The zero-order chi connectivity index (χ0) is 18.3. The van der Waals surface area contributed by atoms with Gasteiger partial charge in [0.1, 0.15) is 0 Å². The average molecular weight is 378 g/mol. The Labute approximate surface area is 158 Å². The third kappa shape index (κ3) is 2.16. The molecule has 0 amide bonds. The summed E-state index contributed by atoms with van der Waals surface area (Å²) in [6, 6.07) is 0. The topological polar surface area (TPSA) is 49.8 Å². The molecule has 0 unspecified atom stereocenters. The second kappa shape index (κ2) is 5.53. The van der Waals surface area contributed by atoms with Gasteiger partial charge in [-0.1, -0.05) is 6.92 Å². The molecule has 4 aliphatic heterocycles. The summed E-state index contributed by atoms with van der Waals surface area (Å²) in [6.45, 7) is 10.6. The van der Waals surface area contributed by atoms with E-state index in [1.54, 1.807) is 11.3 Å². The standard InChI is InChI=1S/C20H27NO4S/c1-10-6-7-15-11(2)16(17-21-12(3)13(4)26-17)22-18-20(15)14(10)8-9-19(5,23-18)24-25-20/h10,14-15,18H,6-9H2,1-5H3/t10-,14+,15+,18-,19+,20-/m1/s1. The quantitative estimate of drug-likeness (QED) is 0.662. The summed E-state index contributed by atoms with van der Waals surface area (Å²) in [5.74, 6) is 1.35. The lowest BCUT2D eigenvalue weighted by atomic mass is 9.59. The van der Waals surface area contributed by atoms with Crippen molar-refractivity contribution in [2.24, 2.45) is 17.8 Å². The number of fused-ring (bicyclic) bond motifs is 2. The lowest BCUT2D eigenvalue weighted by Gasteiger charge is -2.57. The highest BCUT2D eigenvalue weighted by molar-refractivity contribution is 7.12. The van der Waals surface area contributed by atoms with Crippen molar-refractivity contribution in [3.05, 3.63) is 21.2 Å². The van der Waals surface area contributed by atoms with Crippen LogP contribution in [-0.4, -0.2) is 22.7 Å². The summed E-state index contributed by atoms with van der Waals surface area (Å²) in [5.41, 5.74) is 1.76. The monoisotopic (exact) mass is 377 g/mol. The van der Waals surface area contributed by atoms with Crippen LogP contribution < -0.4 is 0 Å². The fourth-order valence-corrected chi connectivity index (χ4v) is 6.37. The number of rotatable bonds is 1. The van der Waals surface area contributed by atoms with Gasteiger partial charge in [-0.25, -0.2) is 14.8 Å². The highest BCUT2D eigenvalue weighted by Gasteiger charge is 2.68. The Morgan fingerprint density at radius 1 is 1.12 bits per heavy atom. The molecule has 6 atom stereocenters. The van der Waals surface area contributed by atoms with Crippen molar-refractivity contribution in [3.8, 4) is 0 Å². The van der Waals surface area contributed by atoms with Crippen molar-refractivity contribution in [1.82, 2.24) is 4.98 Å². The van der Waals surface area contributed by atoms with Gasteiger partial charge in [0.05, 0.1) is 5.69 Å². The molecule has 1 aromatic rings. The number of hydrogen-bond donors (Lipinski definition) is 0. The predicted molar refractivity (Wildman–Crippen MR) is 98.1 cm³/mol. The van der Waals surface area contributed by atoms with E-state index in [1.165, 1.54) is 16.9 Å². The van der Waals surface area contributed by atoms with Gasteiger partial charge >= 0.3 is 0 Å². The van der Waals surface area contributed by atoms with Crippen LogP contribution in [0.2, 0.25) is 0 Å². The Balaban J connectivity index is 1.66. The van der Waals surface area contributed by atoms with E-state index < -0.39 is 17.7 Å². The first-order valence-corrected chi connectivity index (χ1v) is 10.5. The van der Waals surface area contributed by atoms with Gasteiger partial charge in [-0.3, -0.25) is 0 Å². The Hall–Kier alpha value is -0.950. The highest BCUT2D eigenvalue weighted by atomic mass is 32.1. The van der Waals surface area contributed by atoms with Crippen LogP contribution in [0.1, 0.15) is 62.0 Å². The molecule has 6 heteroatoms. The minimum absolute atomic E-state index is 0.240. The SMILES string of the molecule is CC1=C(c2nc(C)c(C)s2)O[C@@H]2O[C@]3(C)CC[C@H]4[C@H](C)CC[C@@H]1[C@@]24OO3. The zero-order valence-corrected chi connectivity index (χ0v) is 16.9. The maximum absolute atomic E-state index is 6.51. The minimum atomic E-state index is -0.734. The second-order valence-electron chi connectivity index (χ2n) is 8.65. The molecular formula is C20H27NO4S. The second-order valence-corrected chi connectivity index (χ2v) is 9.85. The maximum Gasteiger partial charge on any atom is 0.236 e. The Morgan fingerprint density at radius 3 is 2.65 bits per heavy atom. The Morgan fingerprint density at radius 2 is 1.92 bits per heavy atom. The van der Waals surface area contributed by atoms with Crippen molar-refractivity contribution in [2.45, 2.75) is 78.0 Å². The molecule has 26 heavy (non-hydrogen) atoms. The summed E-state index contributed by atoms with van der Waals surface area (Å²) in [7, 11) is 0. The third-order valence-corrected chi connectivity index (χ3v) is 8.12. The van der Waals surface area contributed by atoms with E-state index in [2.05, 4.69) is 27.7 Å². The zero-order valence-electron chi connectivity index (χ0n) is 16.1. The van der Waals surface area contributed by atoms with E-state index in [0.717, 1.165) is 35.7 Å². The minimum Gasteiger partial charge on any atom is -0.458 e. The number of nitrogens with zero attached hydrogens (tertiary/aromatic N) is 1. The maximum atomic E-state index is 6.51. The first-order valence-electron chi connectivity index (χ1n) is 9.70. The molecule has 5 aliphatic rings. The van der Waals surface area contributed by atoms with Crippen molar-refractivity contribution in [3.63, 3.8) is 0 Å². The lowest BCUT2D eigenvalue weighted by Crippen LogP contribution is -2.66. The van der Waals surface area contributed by atoms with Crippen LogP contribution in [0, 0.1) is 31.6 Å². The molecule has 142 valence electrons. The predicted octanol–water partition coefficient (Wildman–Crippen LogP) is 4.74. The summed E-state index contributed by atoms with van der Waals surface area (Å²) in [6.07, 6.45) is 3.71. The van der Waals surface area contributed by atoms with E-state index >= 15 is 0 Å². The number of hydrogen-bond acceptors (Lipinski definition) is 6. The van der Waals surface area contributed by atoms with Crippen LogP contribution in [0.25, 0.3) is 5.76 Å². The number of aromatic nitrogens is 1. The molecule has 0 aromatic carbocycles.